The molecule has 6 heteroatoms. The highest BCUT2D eigenvalue weighted by molar-refractivity contribution is 5.95. The van der Waals surface area contributed by atoms with Crippen LogP contribution in [0.15, 0.2) is 36.4 Å². The molecule has 25 heavy (non-hydrogen) atoms. The Bertz CT molecular complexity index is 800. The minimum absolute atomic E-state index is 0.0809. The maximum Gasteiger partial charge on any atom is 0.337 e. The summed E-state index contributed by atoms with van der Waals surface area (Å²) in [6.07, 6.45) is 0. The third kappa shape index (κ3) is 4.50. The summed E-state index contributed by atoms with van der Waals surface area (Å²) in [6, 6.07) is 10.0. The summed E-state index contributed by atoms with van der Waals surface area (Å²) in [6.45, 7) is 2.21. The minimum atomic E-state index is -0.462. The smallest absolute Gasteiger partial charge is 0.337 e. The summed E-state index contributed by atoms with van der Waals surface area (Å²) in [5, 5.41) is 13.2. The van der Waals surface area contributed by atoms with Gasteiger partial charge in [-0.2, -0.15) is 0 Å². The molecule has 2 aromatic carbocycles. The summed E-state index contributed by atoms with van der Waals surface area (Å²) in [4.78, 5) is 25.3. The van der Waals surface area contributed by atoms with Crippen LogP contribution in [0.25, 0.3) is 0 Å². The van der Waals surface area contributed by atoms with E-state index in [4.69, 9.17) is 4.74 Å². The number of ether oxygens (including phenoxy) is 1. The van der Waals surface area contributed by atoms with Gasteiger partial charge in [-0.3, -0.25) is 4.79 Å². The van der Waals surface area contributed by atoms with E-state index in [0.717, 1.165) is 11.3 Å². The third-order valence-corrected chi connectivity index (χ3v) is 3.71. The van der Waals surface area contributed by atoms with Crippen molar-refractivity contribution >= 4 is 17.6 Å². The zero-order valence-electron chi connectivity index (χ0n) is 14.8. The molecule has 0 aliphatic rings. The molecule has 2 rings (SSSR count). The molecule has 2 aromatic rings. The van der Waals surface area contributed by atoms with E-state index in [2.05, 4.69) is 5.32 Å². The van der Waals surface area contributed by atoms with E-state index >= 15 is 0 Å². The Labute approximate surface area is 147 Å². The number of amides is 1. The number of methoxy groups -OCH3 is 1. The lowest BCUT2D eigenvalue weighted by molar-refractivity contribution is 0.0600. The second-order valence-corrected chi connectivity index (χ2v) is 5.98. The van der Waals surface area contributed by atoms with Crippen molar-refractivity contribution in [1.29, 1.82) is 0 Å². The lowest BCUT2D eigenvalue weighted by Gasteiger charge is -2.14. The number of nitrogens with one attached hydrogen (secondary N) is 1. The van der Waals surface area contributed by atoms with Crippen LogP contribution in [0.4, 0.5) is 5.69 Å². The number of rotatable bonds is 5. The standard InChI is InChI=1S/C19H22N2O4/c1-12-7-14(18(23)21(2)3)10-16(8-12)20-11-15-9-13(19(24)25-4)5-6-17(15)22/h5-10,20,22H,11H2,1-4H3. The molecule has 0 saturated carbocycles. The van der Waals surface area contributed by atoms with Crippen molar-refractivity contribution in [3.63, 3.8) is 0 Å². The molecule has 0 bridgehead atoms. The average molecular weight is 342 g/mol. The molecule has 0 radical (unpaired) electrons. The van der Waals surface area contributed by atoms with Gasteiger partial charge >= 0.3 is 5.97 Å². The van der Waals surface area contributed by atoms with Crippen molar-refractivity contribution in [2.45, 2.75) is 13.5 Å². The SMILES string of the molecule is COC(=O)c1ccc(O)c(CNc2cc(C)cc(C(=O)N(C)C)c2)c1. The molecular weight excluding hydrogens is 320 g/mol. The second kappa shape index (κ2) is 7.70. The molecule has 6 nitrogen and oxygen atoms in total. The van der Waals surface area contributed by atoms with E-state index in [1.807, 2.05) is 19.1 Å². The molecular formula is C19H22N2O4. The predicted molar refractivity (Wildman–Crippen MR) is 96.0 cm³/mol. The number of esters is 1. The first kappa shape index (κ1) is 18.3. The normalized spacial score (nSPS) is 10.2. The Morgan fingerprint density at radius 1 is 1.12 bits per heavy atom. The predicted octanol–water partition coefficient (Wildman–Crippen LogP) is 2.80. The van der Waals surface area contributed by atoms with Crippen molar-refractivity contribution in [3.8, 4) is 5.75 Å². The number of anilines is 1. The molecule has 0 aliphatic carbocycles. The van der Waals surface area contributed by atoms with Gasteiger partial charge in [-0.1, -0.05) is 0 Å². The molecule has 2 N–H and O–H groups in total. The van der Waals surface area contributed by atoms with Crippen LogP contribution in [0.1, 0.15) is 31.8 Å². The van der Waals surface area contributed by atoms with Gasteiger partial charge in [0.2, 0.25) is 0 Å². The first-order valence-electron chi connectivity index (χ1n) is 7.79. The number of aromatic hydroxyl groups is 1. The number of hydrogen-bond donors (Lipinski definition) is 2. The van der Waals surface area contributed by atoms with E-state index in [1.165, 1.54) is 24.1 Å². The number of benzene rings is 2. The van der Waals surface area contributed by atoms with Crippen LogP contribution in [0.3, 0.4) is 0 Å². The van der Waals surface area contributed by atoms with Crippen LogP contribution in [-0.4, -0.2) is 43.1 Å². The summed E-state index contributed by atoms with van der Waals surface area (Å²) >= 11 is 0. The van der Waals surface area contributed by atoms with Crippen LogP contribution in [0.5, 0.6) is 5.75 Å². The van der Waals surface area contributed by atoms with Gasteiger partial charge in [-0.25, -0.2) is 4.79 Å². The van der Waals surface area contributed by atoms with Gasteiger partial charge < -0.3 is 20.1 Å². The molecule has 1 amide bonds. The van der Waals surface area contributed by atoms with Gasteiger partial charge in [0, 0.05) is 37.5 Å². The Hall–Kier alpha value is -3.02. The Kier molecular flexibility index (Phi) is 5.64. The first-order chi connectivity index (χ1) is 11.8. The van der Waals surface area contributed by atoms with Crippen LogP contribution >= 0.6 is 0 Å². The van der Waals surface area contributed by atoms with E-state index in [1.54, 1.807) is 26.2 Å². The highest BCUT2D eigenvalue weighted by atomic mass is 16.5. The Balaban J connectivity index is 2.21. The first-order valence-corrected chi connectivity index (χ1v) is 7.79. The van der Waals surface area contributed by atoms with Gasteiger partial charge in [-0.15, -0.1) is 0 Å². The fourth-order valence-corrected chi connectivity index (χ4v) is 2.44. The number of hydrogen-bond acceptors (Lipinski definition) is 5. The molecule has 0 heterocycles. The van der Waals surface area contributed by atoms with Crippen molar-refractivity contribution in [3.05, 3.63) is 58.7 Å². The Morgan fingerprint density at radius 2 is 1.84 bits per heavy atom. The summed E-state index contributed by atoms with van der Waals surface area (Å²) < 4.78 is 4.69. The van der Waals surface area contributed by atoms with Gasteiger partial charge in [0.25, 0.3) is 5.91 Å². The third-order valence-electron chi connectivity index (χ3n) is 3.71. The number of phenols is 1. The number of aryl methyl sites for hydroxylation is 1. The molecule has 0 fully saturated rings. The number of carbonyl (C=O) groups excluding carboxylic acids is 2. The minimum Gasteiger partial charge on any atom is -0.508 e. The zero-order chi connectivity index (χ0) is 18.6. The largest absolute Gasteiger partial charge is 0.508 e. The van der Waals surface area contributed by atoms with Crippen LogP contribution < -0.4 is 5.32 Å². The van der Waals surface area contributed by atoms with E-state index < -0.39 is 5.97 Å². The molecule has 132 valence electrons. The fraction of sp³-hybridized carbons (Fsp3) is 0.263. The highest BCUT2D eigenvalue weighted by Gasteiger charge is 2.12. The van der Waals surface area contributed by atoms with Gasteiger partial charge in [0.1, 0.15) is 5.75 Å². The van der Waals surface area contributed by atoms with E-state index in [9.17, 15) is 14.7 Å². The summed E-state index contributed by atoms with van der Waals surface area (Å²) in [5.74, 6) is -0.463. The van der Waals surface area contributed by atoms with Crippen LogP contribution in [-0.2, 0) is 11.3 Å². The van der Waals surface area contributed by atoms with Gasteiger partial charge in [0.05, 0.1) is 12.7 Å². The highest BCUT2D eigenvalue weighted by Crippen LogP contribution is 2.22. The average Bonchev–Trinajstić information content (AvgIpc) is 2.59. The maximum absolute atomic E-state index is 12.1. The van der Waals surface area contributed by atoms with Crippen molar-refractivity contribution in [2.75, 3.05) is 26.5 Å². The van der Waals surface area contributed by atoms with Crippen LogP contribution in [0, 0.1) is 6.92 Å². The quantitative estimate of drug-likeness (QED) is 0.817. The van der Waals surface area contributed by atoms with Crippen molar-refractivity contribution in [2.24, 2.45) is 0 Å². The molecule has 0 spiro atoms. The zero-order valence-corrected chi connectivity index (χ0v) is 14.8. The van der Waals surface area contributed by atoms with Gasteiger partial charge in [0.15, 0.2) is 0 Å². The number of nitrogens with zero attached hydrogens (tertiary/aromatic N) is 1. The lowest BCUT2D eigenvalue weighted by Crippen LogP contribution is -2.21. The second-order valence-electron chi connectivity index (χ2n) is 5.98. The maximum atomic E-state index is 12.1. The molecule has 0 saturated heterocycles. The molecule has 0 aliphatic heterocycles. The van der Waals surface area contributed by atoms with E-state index in [-0.39, 0.29) is 11.7 Å². The number of phenolic OH excluding ortho intramolecular Hbond substituents is 1. The monoisotopic (exact) mass is 342 g/mol. The molecule has 0 unspecified atom stereocenters. The lowest BCUT2D eigenvalue weighted by atomic mass is 10.1. The molecule has 0 atom stereocenters. The van der Waals surface area contributed by atoms with E-state index in [0.29, 0.717) is 23.2 Å². The molecule has 0 aromatic heterocycles. The summed E-state index contributed by atoms with van der Waals surface area (Å²) in [7, 11) is 4.71. The topological polar surface area (TPSA) is 78.9 Å². The Morgan fingerprint density at radius 3 is 2.48 bits per heavy atom. The summed E-state index contributed by atoms with van der Waals surface area (Å²) in [5.41, 5.74) is 3.21. The van der Waals surface area contributed by atoms with Gasteiger partial charge in [-0.05, 0) is 48.9 Å². The number of carbonyl (C=O) groups is 2. The van der Waals surface area contributed by atoms with Crippen molar-refractivity contribution < 1.29 is 19.4 Å². The fourth-order valence-electron chi connectivity index (χ4n) is 2.44. The van der Waals surface area contributed by atoms with Crippen LogP contribution in [0.2, 0.25) is 0 Å². The van der Waals surface area contributed by atoms with Crippen molar-refractivity contribution in [1.82, 2.24) is 4.90 Å².